The first kappa shape index (κ1) is 18.7. The van der Waals surface area contributed by atoms with Gasteiger partial charge in [-0.15, -0.1) is 0 Å². The molecule has 0 N–H and O–H groups in total. The molecule has 1 aliphatic carbocycles. The molecule has 1 saturated heterocycles. The van der Waals surface area contributed by atoms with Gasteiger partial charge in [-0.05, 0) is 43.2 Å². The molecule has 0 spiro atoms. The molecule has 6 heteroatoms. The summed E-state index contributed by atoms with van der Waals surface area (Å²) in [6.45, 7) is 2.98. The van der Waals surface area contributed by atoms with Crippen LogP contribution in [0.3, 0.4) is 0 Å². The standard InChI is InChI=1S/C24H26N4O2/c1-30-21-9-5-8-20(16-21)26-12-14-27(15-13-26)24(29)23-17-22(18-10-11-18)25-28(23)19-6-3-2-4-7-19/h2-9,16-18H,10-15H2,1H3. The molecule has 1 amide bonds. The molecule has 0 radical (unpaired) electrons. The fourth-order valence-corrected chi connectivity index (χ4v) is 4.03. The fourth-order valence-electron chi connectivity index (χ4n) is 4.03. The number of para-hydroxylation sites is 1. The normalized spacial score (nSPS) is 16.6. The Bertz CT molecular complexity index is 1030. The number of piperazine rings is 1. The van der Waals surface area contributed by atoms with Crippen LogP contribution in [-0.2, 0) is 0 Å². The Hall–Kier alpha value is -3.28. The van der Waals surface area contributed by atoms with Crippen LogP contribution in [0.1, 0.15) is 34.9 Å². The van der Waals surface area contributed by atoms with E-state index in [2.05, 4.69) is 11.0 Å². The maximum absolute atomic E-state index is 13.4. The van der Waals surface area contributed by atoms with E-state index in [9.17, 15) is 4.79 Å². The second-order valence-corrected chi connectivity index (χ2v) is 7.96. The Balaban J connectivity index is 1.34. The van der Waals surface area contributed by atoms with Gasteiger partial charge in [0.2, 0.25) is 0 Å². The molecular formula is C24H26N4O2. The van der Waals surface area contributed by atoms with Crippen molar-refractivity contribution in [3.05, 3.63) is 72.1 Å². The molecule has 154 valence electrons. The first-order valence-electron chi connectivity index (χ1n) is 10.6. The van der Waals surface area contributed by atoms with Crippen molar-refractivity contribution in [3.8, 4) is 11.4 Å². The number of ether oxygens (including phenoxy) is 1. The van der Waals surface area contributed by atoms with Crippen LogP contribution in [0.4, 0.5) is 5.69 Å². The molecule has 3 aromatic rings. The molecule has 0 bridgehead atoms. The topological polar surface area (TPSA) is 50.6 Å². The van der Waals surface area contributed by atoms with E-state index in [0.717, 1.165) is 35.9 Å². The van der Waals surface area contributed by atoms with Crippen LogP contribution in [0.2, 0.25) is 0 Å². The van der Waals surface area contributed by atoms with Crippen molar-refractivity contribution in [1.29, 1.82) is 0 Å². The number of nitrogens with zero attached hydrogens (tertiary/aromatic N) is 4. The molecule has 0 unspecified atom stereocenters. The van der Waals surface area contributed by atoms with Gasteiger partial charge in [0.25, 0.3) is 5.91 Å². The number of methoxy groups -OCH3 is 1. The summed E-state index contributed by atoms with van der Waals surface area (Å²) < 4.78 is 7.17. The van der Waals surface area contributed by atoms with Crippen LogP contribution in [-0.4, -0.2) is 53.9 Å². The van der Waals surface area contributed by atoms with Crippen LogP contribution in [0.25, 0.3) is 5.69 Å². The lowest BCUT2D eigenvalue weighted by Crippen LogP contribution is -2.49. The van der Waals surface area contributed by atoms with Gasteiger partial charge in [0, 0.05) is 43.9 Å². The number of hydrogen-bond acceptors (Lipinski definition) is 4. The third-order valence-electron chi connectivity index (χ3n) is 5.93. The molecule has 2 fully saturated rings. The lowest BCUT2D eigenvalue weighted by Gasteiger charge is -2.36. The zero-order valence-corrected chi connectivity index (χ0v) is 17.2. The smallest absolute Gasteiger partial charge is 0.272 e. The average Bonchev–Trinajstić information content (AvgIpc) is 3.57. The van der Waals surface area contributed by atoms with Crippen molar-refractivity contribution < 1.29 is 9.53 Å². The van der Waals surface area contributed by atoms with Gasteiger partial charge in [0.15, 0.2) is 0 Å². The van der Waals surface area contributed by atoms with Crippen molar-refractivity contribution in [2.45, 2.75) is 18.8 Å². The SMILES string of the molecule is COc1cccc(N2CCN(C(=O)c3cc(C4CC4)nn3-c3ccccc3)CC2)c1. The van der Waals surface area contributed by atoms with E-state index in [1.807, 2.05) is 64.2 Å². The van der Waals surface area contributed by atoms with Crippen molar-refractivity contribution in [2.24, 2.45) is 0 Å². The summed E-state index contributed by atoms with van der Waals surface area (Å²) in [5, 5.41) is 4.78. The summed E-state index contributed by atoms with van der Waals surface area (Å²) in [7, 11) is 1.68. The summed E-state index contributed by atoms with van der Waals surface area (Å²) in [4.78, 5) is 17.7. The third-order valence-corrected chi connectivity index (χ3v) is 5.93. The minimum atomic E-state index is 0.0588. The molecule has 1 saturated carbocycles. The van der Waals surface area contributed by atoms with Gasteiger partial charge in [0.05, 0.1) is 18.5 Å². The van der Waals surface area contributed by atoms with Crippen LogP contribution in [0.5, 0.6) is 5.75 Å². The van der Waals surface area contributed by atoms with Gasteiger partial charge in [-0.2, -0.15) is 5.10 Å². The van der Waals surface area contributed by atoms with Crippen LogP contribution in [0.15, 0.2) is 60.7 Å². The van der Waals surface area contributed by atoms with Gasteiger partial charge in [-0.3, -0.25) is 4.79 Å². The Morgan fingerprint density at radius 3 is 2.37 bits per heavy atom. The number of aromatic nitrogens is 2. The summed E-state index contributed by atoms with van der Waals surface area (Å²) in [6, 6.07) is 20.0. The van der Waals surface area contributed by atoms with Gasteiger partial charge >= 0.3 is 0 Å². The minimum absolute atomic E-state index is 0.0588. The minimum Gasteiger partial charge on any atom is -0.497 e. The molecule has 30 heavy (non-hydrogen) atoms. The molecule has 1 aliphatic heterocycles. The molecule has 2 aromatic carbocycles. The number of rotatable bonds is 5. The fraction of sp³-hybridized carbons (Fsp3) is 0.333. The largest absolute Gasteiger partial charge is 0.497 e. The molecule has 1 aromatic heterocycles. The summed E-state index contributed by atoms with van der Waals surface area (Å²) in [6.07, 6.45) is 2.33. The summed E-state index contributed by atoms with van der Waals surface area (Å²) >= 11 is 0. The van der Waals surface area contributed by atoms with Gasteiger partial charge < -0.3 is 14.5 Å². The lowest BCUT2D eigenvalue weighted by molar-refractivity contribution is 0.0737. The van der Waals surface area contributed by atoms with E-state index in [0.29, 0.717) is 24.7 Å². The predicted octanol–water partition coefficient (Wildman–Crippen LogP) is 3.72. The Morgan fingerprint density at radius 1 is 0.933 bits per heavy atom. The first-order chi connectivity index (χ1) is 14.7. The lowest BCUT2D eigenvalue weighted by atomic mass is 10.2. The van der Waals surface area contributed by atoms with Gasteiger partial charge in [0.1, 0.15) is 11.4 Å². The monoisotopic (exact) mass is 402 g/mol. The Morgan fingerprint density at radius 2 is 1.67 bits per heavy atom. The number of amides is 1. The molecular weight excluding hydrogens is 376 g/mol. The van der Waals surface area contributed by atoms with E-state index < -0.39 is 0 Å². The van der Waals surface area contributed by atoms with Gasteiger partial charge in [-0.25, -0.2) is 4.68 Å². The predicted molar refractivity (Wildman–Crippen MR) is 117 cm³/mol. The van der Waals surface area contributed by atoms with E-state index in [1.165, 1.54) is 12.8 Å². The van der Waals surface area contributed by atoms with Crippen molar-refractivity contribution in [1.82, 2.24) is 14.7 Å². The maximum atomic E-state index is 13.4. The third kappa shape index (κ3) is 3.65. The highest BCUT2D eigenvalue weighted by Gasteiger charge is 2.31. The zero-order valence-electron chi connectivity index (χ0n) is 17.2. The second kappa shape index (κ2) is 7.86. The van der Waals surface area contributed by atoms with Crippen LogP contribution < -0.4 is 9.64 Å². The number of carbonyl (C=O) groups excluding carboxylic acids is 1. The summed E-state index contributed by atoms with van der Waals surface area (Å²) in [5.74, 6) is 1.42. The first-order valence-corrected chi connectivity index (χ1v) is 10.6. The highest BCUT2D eigenvalue weighted by atomic mass is 16.5. The van der Waals surface area contributed by atoms with E-state index >= 15 is 0 Å². The summed E-state index contributed by atoms with van der Waals surface area (Å²) in [5.41, 5.74) is 3.77. The maximum Gasteiger partial charge on any atom is 0.272 e. The quantitative estimate of drug-likeness (QED) is 0.653. The molecule has 6 nitrogen and oxygen atoms in total. The van der Waals surface area contributed by atoms with Crippen LogP contribution in [0, 0.1) is 0 Å². The Kier molecular flexibility index (Phi) is 4.91. The number of benzene rings is 2. The molecule has 2 aliphatic rings. The van der Waals surface area contributed by atoms with E-state index in [4.69, 9.17) is 9.84 Å². The van der Waals surface area contributed by atoms with Crippen molar-refractivity contribution in [3.63, 3.8) is 0 Å². The van der Waals surface area contributed by atoms with Crippen molar-refractivity contribution in [2.75, 3.05) is 38.2 Å². The highest BCUT2D eigenvalue weighted by molar-refractivity contribution is 5.93. The van der Waals surface area contributed by atoms with E-state index in [1.54, 1.807) is 7.11 Å². The van der Waals surface area contributed by atoms with Crippen LogP contribution >= 0.6 is 0 Å². The Labute approximate surface area is 176 Å². The molecule has 0 atom stereocenters. The highest BCUT2D eigenvalue weighted by Crippen LogP contribution is 2.40. The van der Waals surface area contributed by atoms with Gasteiger partial charge in [-0.1, -0.05) is 24.3 Å². The average molecular weight is 402 g/mol. The molecule has 5 rings (SSSR count). The number of carbonyl (C=O) groups is 1. The van der Waals surface area contributed by atoms with E-state index in [-0.39, 0.29) is 5.91 Å². The second-order valence-electron chi connectivity index (χ2n) is 7.96. The number of hydrogen-bond donors (Lipinski definition) is 0. The zero-order chi connectivity index (χ0) is 20.5. The van der Waals surface area contributed by atoms with Crippen molar-refractivity contribution >= 4 is 11.6 Å². The molecule has 2 heterocycles. The number of anilines is 1.